The largest absolute Gasteiger partial charge is 0.496 e. The third-order valence-electron chi connectivity index (χ3n) is 5.71. The molecular formula is C24H29F4N3O4. The number of nitrogens with zero attached hydrogens (tertiary/aromatic N) is 3. The molecule has 0 spiro atoms. The van der Waals surface area contributed by atoms with Gasteiger partial charge < -0.3 is 19.5 Å². The van der Waals surface area contributed by atoms with Gasteiger partial charge in [0.2, 0.25) is 0 Å². The van der Waals surface area contributed by atoms with Crippen LogP contribution in [0, 0.1) is 18.7 Å². The maximum atomic E-state index is 14.2. The summed E-state index contributed by atoms with van der Waals surface area (Å²) in [5, 5.41) is 19.1. The Hall–Kier alpha value is -2.95. The van der Waals surface area contributed by atoms with E-state index in [0.717, 1.165) is 0 Å². The predicted molar refractivity (Wildman–Crippen MR) is 119 cm³/mol. The van der Waals surface area contributed by atoms with Gasteiger partial charge in [-0.3, -0.25) is 0 Å². The van der Waals surface area contributed by atoms with E-state index in [9.17, 15) is 27.5 Å². The molecule has 1 aliphatic heterocycles. The number of aromatic nitrogens is 2. The number of hydrogen-bond acceptors (Lipinski definition) is 6. The summed E-state index contributed by atoms with van der Waals surface area (Å²) < 4.78 is 63.9. The number of aryl methyl sites for hydroxylation is 1. The summed E-state index contributed by atoms with van der Waals surface area (Å²) in [4.78, 5) is 14.0. The first-order chi connectivity index (χ1) is 16.2. The molecule has 1 unspecified atom stereocenters. The summed E-state index contributed by atoms with van der Waals surface area (Å²) in [6.07, 6.45) is -5.04. The first kappa shape index (κ1) is 26.7. The van der Waals surface area contributed by atoms with Gasteiger partial charge in [-0.15, -0.1) is 5.10 Å². The summed E-state index contributed by atoms with van der Waals surface area (Å²) in [6.45, 7) is 7.75. The lowest BCUT2D eigenvalue weighted by atomic mass is 9.90. The number of rotatable bonds is 4. The normalized spacial score (nSPS) is 17.8. The van der Waals surface area contributed by atoms with Crippen LogP contribution < -0.4 is 4.74 Å². The molecule has 0 radical (unpaired) electrons. The van der Waals surface area contributed by atoms with Crippen LogP contribution in [0.2, 0.25) is 0 Å². The van der Waals surface area contributed by atoms with Crippen molar-refractivity contribution in [2.45, 2.75) is 58.4 Å². The molecule has 1 aliphatic rings. The summed E-state index contributed by atoms with van der Waals surface area (Å²) in [6, 6.07) is 2.85. The van der Waals surface area contributed by atoms with Crippen LogP contribution in [0.3, 0.4) is 0 Å². The molecule has 192 valence electrons. The van der Waals surface area contributed by atoms with Crippen molar-refractivity contribution >= 4 is 6.09 Å². The van der Waals surface area contributed by atoms with E-state index >= 15 is 0 Å². The van der Waals surface area contributed by atoms with Crippen LogP contribution >= 0.6 is 0 Å². The van der Waals surface area contributed by atoms with Crippen LogP contribution in [0.25, 0.3) is 11.3 Å². The third kappa shape index (κ3) is 6.19. The quantitative estimate of drug-likeness (QED) is 0.575. The molecule has 1 fully saturated rings. The average molecular weight is 500 g/mol. The van der Waals surface area contributed by atoms with Crippen molar-refractivity contribution in [1.29, 1.82) is 0 Å². The van der Waals surface area contributed by atoms with Gasteiger partial charge >= 0.3 is 12.3 Å². The molecule has 2 atom stereocenters. The average Bonchev–Trinajstić information content (AvgIpc) is 2.76. The molecular weight excluding hydrogens is 470 g/mol. The Kier molecular flexibility index (Phi) is 7.59. The SMILES string of the molecule is COc1cc(C(F)(F)F)c(F)cc1-c1nnc(C(O)[C@@H]2CCCN(C(=O)OC(C)(C)C)C2)cc1C. The lowest BCUT2D eigenvalue weighted by Gasteiger charge is -2.35. The van der Waals surface area contributed by atoms with Crippen LogP contribution in [0.1, 0.15) is 56.5 Å². The van der Waals surface area contributed by atoms with E-state index in [0.29, 0.717) is 37.1 Å². The fourth-order valence-corrected chi connectivity index (χ4v) is 4.04. The molecule has 1 aromatic heterocycles. The third-order valence-corrected chi connectivity index (χ3v) is 5.71. The number of carbonyl (C=O) groups is 1. The molecule has 7 nitrogen and oxygen atoms in total. The van der Waals surface area contributed by atoms with E-state index in [1.807, 2.05) is 0 Å². The van der Waals surface area contributed by atoms with Gasteiger partial charge in [0, 0.05) is 24.6 Å². The topological polar surface area (TPSA) is 84.8 Å². The van der Waals surface area contributed by atoms with Gasteiger partial charge in [-0.2, -0.15) is 18.3 Å². The van der Waals surface area contributed by atoms with Crippen molar-refractivity contribution in [3.63, 3.8) is 0 Å². The van der Waals surface area contributed by atoms with Gasteiger partial charge in [0.05, 0.1) is 24.1 Å². The molecule has 1 saturated heterocycles. The number of piperidine rings is 1. The fraction of sp³-hybridized carbons (Fsp3) is 0.542. The van der Waals surface area contributed by atoms with Crippen LogP contribution in [0.15, 0.2) is 18.2 Å². The summed E-state index contributed by atoms with van der Waals surface area (Å²) >= 11 is 0. The molecule has 0 bridgehead atoms. The Balaban J connectivity index is 1.84. The Morgan fingerprint density at radius 1 is 1.20 bits per heavy atom. The number of aliphatic hydroxyl groups excluding tert-OH is 1. The number of amides is 1. The Bertz CT molecular complexity index is 1090. The standard InChI is InChI=1S/C24H29F4N3O4/c1-13-9-18(21(32)14-7-6-8-31(12-14)22(33)35-23(2,3)4)29-30-20(13)15-10-17(25)16(24(26,27)28)11-19(15)34-5/h9-11,14,21,32H,6-8,12H2,1-5H3/t14-,21?/m1/s1. The number of halogens is 4. The van der Waals surface area contributed by atoms with Crippen LogP contribution in [0.5, 0.6) is 5.75 Å². The predicted octanol–water partition coefficient (Wildman–Crippen LogP) is 5.30. The van der Waals surface area contributed by atoms with Crippen molar-refractivity contribution in [2.24, 2.45) is 5.92 Å². The maximum Gasteiger partial charge on any atom is 0.419 e. The number of ether oxygens (including phenoxy) is 2. The zero-order valence-electron chi connectivity index (χ0n) is 20.2. The first-order valence-electron chi connectivity index (χ1n) is 11.2. The highest BCUT2D eigenvalue weighted by Crippen LogP contribution is 2.39. The highest BCUT2D eigenvalue weighted by molar-refractivity contribution is 5.70. The Morgan fingerprint density at radius 3 is 2.46 bits per heavy atom. The minimum Gasteiger partial charge on any atom is -0.496 e. The van der Waals surface area contributed by atoms with Crippen LogP contribution in [-0.2, 0) is 10.9 Å². The minimum absolute atomic E-state index is 0.0119. The van der Waals surface area contributed by atoms with E-state index < -0.39 is 35.4 Å². The monoisotopic (exact) mass is 499 g/mol. The van der Waals surface area contributed by atoms with Crippen molar-refractivity contribution < 1.29 is 36.9 Å². The van der Waals surface area contributed by atoms with E-state index in [1.165, 1.54) is 7.11 Å². The molecule has 0 aliphatic carbocycles. The van der Waals surface area contributed by atoms with Crippen molar-refractivity contribution in [3.8, 4) is 17.0 Å². The lowest BCUT2D eigenvalue weighted by Crippen LogP contribution is -2.44. The number of methoxy groups -OCH3 is 1. The van der Waals surface area contributed by atoms with Gasteiger partial charge in [0.25, 0.3) is 0 Å². The smallest absolute Gasteiger partial charge is 0.419 e. The summed E-state index contributed by atoms with van der Waals surface area (Å²) in [7, 11) is 1.18. The summed E-state index contributed by atoms with van der Waals surface area (Å²) in [5.74, 6) is -1.97. The molecule has 3 rings (SSSR count). The zero-order valence-corrected chi connectivity index (χ0v) is 20.2. The molecule has 1 aromatic carbocycles. The number of benzene rings is 1. The van der Waals surface area contributed by atoms with E-state index in [2.05, 4.69) is 10.2 Å². The van der Waals surface area contributed by atoms with E-state index in [1.54, 1.807) is 38.7 Å². The molecule has 1 amide bonds. The first-order valence-corrected chi connectivity index (χ1v) is 11.2. The van der Waals surface area contributed by atoms with Crippen LogP contribution in [-0.4, -0.2) is 52.1 Å². The Labute approximate surface area is 201 Å². The number of alkyl halides is 3. The van der Waals surface area contributed by atoms with Gasteiger partial charge in [0.1, 0.15) is 23.3 Å². The second-order valence-electron chi connectivity index (χ2n) is 9.60. The number of hydrogen-bond donors (Lipinski definition) is 1. The fourth-order valence-electron chi connectivity index (χ4n) is 4.04. The van der Waals surface area contributed by atoms with E-state index in [4.69, 9.17) is 9.47 Å². The second-order valence-corrected chi connectivity index (χ2v) is 9.60. The van der Waals surface area contributed by atoms with Gasteiger partial charge in [-0.05, 0) is 64.3 Å². The van der Waals surface area contributed by atoms with Crippen molar-refractivity contribution in [2.75, 3.05) is 20.2 Å². The van der Waals surface area contributed by atoms with Crippen molar-refractivity contribution in [1.82, 2.24) is 15.1 Å². The van der Waals surface area contributed by atoms with E-state index in [-0.39, 0.29) is 35.2 Å². The van der Waals surface area contributed by atoms with Crippen molar-refractivity contribution in [3.05, 3.63) is 40.8 Å². The number of likely N-dealkylation sites (tertiary alicyclic amines) is 1. The minimum atomic E-state index is -4.88. The highest BCUT2D eigenvalue weighted by atomic mass is 19.4. The summed E-state index contributed by atoms with van der Waals surface area (Å²) in [5.41, 5.74) is -1.23. The van der Waals surface area contributed by atoms with Gasteiger partial charge in [-0.25, -0.2) is 9.18 Å². The highest BCUT2D eigenvalue weighted by Gasteiger charge is 2.36. The van der Waals surface area contributed by atoms with Gasteiger partial charge in [0.15, 0.2) is 0 Å². The van der Waals surface area contributed by atoms with Gasteiger partial charge in [-0.1, -0.05) is 0 Å². The lowest BCUT2D eigenvalue weighted by molar-refractivity contribution is -0.140. The molecule has 35 heavy (non-hydrogen) atoms. The second kappa shape index (κ2) is 9.96. The number of carbonyl (C=O) groups excluding carboxylic acids is 1. The zero-order chi connectivity index (χ0) is 26.1. The molecule has 0 saturated carbocycles. The van der Waals surface area contributed by atoms with Crippen LogP contribution in [0.4, 0.5) is 22.4 Å². The maximum absolute atomic E-state index is 14.2. The Morgan fingerprint density at radius 2 is 1.89 bits per heavy atom. The number of aliphatic hydroxyl groups is 1. The molecule has 1 N–H and O–H groups in total. The molecule has 11 heteroatoms. The molecule has 2 heterocycles. The molecule has 2 aromatic rings.